The van der Waals surface area contributed by atoms with Gasteiger partial charge in [0, 0.05) is 17.8 Å². The van der Waals surface area contributed by atoms with Crippen LogP contribution in [0, 0.1) is 13.8 Å². The maximum absolute atomic E-state index is 13.1. The monoisotopic (exact) mass is 497 g/mol. The van der Waals surface area contributed by atoms with Crippen LogP contribution in [-0.4, -0.2) is 36.0 Å². The van der Waals surface area contributed by atoms with Crippen LogP contribution in [0.2, 0.25) is 0 Å². The summed E-state index contributed by atoms with van der Waals surface area (Å²) in [7, 11) is 1.34. The number of amides is 1. The lowest BCUT2D eigenvalue weighted by Gasteiger charge is -2.12. The van der Waals surface area contributed by atoms with Crippen molar-refractivity contribution >= 4 is 5.91 Å². The summed E-state index contributed by atoms with van der Waals surface area (Å²) in [6.45, 7) is 0.605. The lowest BCUT2D eigenvalue weighted by Crippen LogP contribution is -2.27. The first-order chi connectivity index (χ1) is 16.5. The number of nitrogens with one attached hydrogen (secondary N) is 1. The van der Waals surface area contributed by atoms with Gasteiger partial charge in [0.15, 0.2) is 11.5 Å². The van der Waals surface area contributed by atoms with Crippen molar-refractivity contribution in [1.29, 1.82) is 0 Å². The van der Waals surface area contributed by atoms with Crippen molar-refractivity contribution in [3.8, 4) is 17.2 Å². The Balaban J connectivity index is 1.65. The third-order valence-corrected chi connectivity index (χ3v) is 5.38. The van der Waals surface area contributed by atoms with Crippen molar-refractivity contribution in [2.24, 2.45) is 0 Å². The van der Waals surface area contributed by atoms with Gasteiger partial charge in [0.25, 0.3) is 0 Å². The second-order valence-corrected chi connectivity index (χ2v) is 7.75. The number of halogens is 5. The number of nitrogens with zero attached hydrogens (tertiary/aromatic N) is 2. The number of aryl methyl sites for hydroxylation is 1. The third-order valence-electron chi connectivity index (χ3n) is 5.38. The molecule has 1 N–H and O–H groups in total. The summed E-state index contributed by atoms with van der Waals surface area (Å²) in [5, 5.41) is 7.07. The predicted octanol–water partition coefficient (Wildman–Crippen LogP) is 5.02. The first-order valence-electron chi connectivity index (χ1n) is 10.6. The normalized spacial score (nSPS) is 11.6. The number of benzene rings is 2. The Morgan fingerprint density at radius 1 is 1.11 bits per heavy atom. The first-order valence-corrected chi connectivity index (χ1v) is 10.6. The molecule has 3 rings (SSSR count). The first kappa shape index (κ1) is 26.0. The second-order valence-electron chi connectivity index (χ2n) is 7.75. The molecule has 1 heterocycles. The van der Waals surface area contributed by atoms with Gasteiger partial charge in [-0.25, -0.2) is 4.68 Å². The van der Waals surface area contributed by atoms with E-state index in [1.807, 2.05) is 0 Å². The Kier molecular flexibility index (Phi) is 7.98. The molecule has 2 aromatic carbocycles. The number of carbonyl (C=O) groups is 1. The molecule has 0 fully saturated rings. The maximum atomic E-state index is 13.1. The van der Waals surface area contributed by atoms with Crippen LogP contribution in [0.25, 0.3) is 5.69 Å². The van der Waals surface area contributed by atoms with Crippen molar-refractivity contribution in [1.82, 2.24) is 15.1 Å². The van der Waals surface area contributed by atoms with Gasteiger partial charge < -0.3 is 14.8 Å². The molecule has 0 saturated heterocycles. The van der Waals surface area contributed by atoms with E-state index in [-0.39, 0.29) is 36.1 Å². The molecule has 0 spiro atoms. The number of methoxy groups -OCH3 is 1. The van der Waals surface area contributed by atoms with E-state index in [0.29, 0.717) is 28.9 Å². The molecular formula is C24H24F5N3O3. The number of hydrogen-bond acceptors (Lipinski definition) is 4. The van der Waals surface area contributed by atoms with Crippen molar-refractivity contribution in [2.45, 2.75) is 39.5 Å². The summed E-state index contributed by atoms with van der Waals surface area (Å²) in [5.41, 5.74) is 1.80. The topological polar surface area (TPSA) is 65.4 Å². The van der Waals surface area contributed by atoms with E-state index < -0.39 is 18.4 Å². The van der Waals surface area contributed by atoms with E-state index in [1.165, 1.54) is 36.1 Å². The highest BCUT2D eigenvalue weighted by Crippen LogP contribution is 2.31. The standard InChI is InChI=1S/C24H24F5N3O3/c1-14-19(15(2)32(31-14)18-6-4-5-17(12-18)24(27,28)29)13-22(33)30-10-9-16-7-8-20(34-3)21(11-16)35-23(25)26/h4-8,11-12,23H,9-10,13H2,1-3H3,(H,30,33). The van der Waals surface area contributed by atoms with Gasteiger partial charge in [0.1, 0.15) is 0 Å². The smallest absolute Gasteiger partial charge is 0.416 e. The molecule has 0 saturated carbocycles. The lowest BCUT2D eigenvalue weighted by atomic mass is 10.1. The molecule has 0 aliphatic rings. The molecule has 35 heavy (non-hydrogen) atoms. The number of ether oxygens (including phenoxy) is 2. The van der Waals surface area contributed by atoms with Gasteiger partial charge in [0.2, 0.25) is 5.91 Å². The highest BCUT2D eigenvalue weighted by atomic mass is 19.4. The van der Waals surface area contributed by atoms with Gasteiger partial charge in [-0.3, -0.25) is 4.79 Å². The largest absolute Gasteiger partial charge is 0.493 e. The molecule has 188 valence electrons. The Bertz CT molecular complexity index is 1190. The minimum Gasteiger partial charge on any atom is -0.493 e. The van der Waals surface area contributed by atoms with Gasteiger partial charge in [0.05, 0.1) is 30.5 Å². The molecule has 0 aliphatic heterocycles. The Labute approximate surface area is 198 Å². The quantitative estimate of drug-likeness (QED) is 0.422. The van der Waals surface area contributed by atoms with Gasteiger partial charge in [-0.2, -0.15) is 27.1 Å². The van der Waals surface area contributed by atoms with Crippen molar-refractivity contribution in [2.75, 3.05) is 13.7 Å². The van der Waals surface area contributed by atoms with Crippen LogP contribution in [-0.2, 0) is 23.8 Å². The Hall–Kier alpha value is -3.63. The maximum Gasteiger partial charge on any atom is 0.416 e. The van der Waals surface area contributed by atoms with Crippen LogP contribution < -0.4 is 14.8 Å². The minimum atomic E-state index is -4.48. The van der Waals surface area contributed by atoms with Crippen LogP contribution in [0.5, 0.6) is 11.5 Å². The van der Waals surface area contributed by atoms with Crippen LogP contribution in [0.15, 0.2) is 42.5 Å². The molecule has 1 aromatic heterocycles. The van der Waals surface area contributed by atoms with Crippen molar-refractivity contribution in [3.05, 3.63) is 70.5 Å². The van der Waals surface area contributed by atoms with Crippen LogP contribution in [0.4, 0.5) is 22.0 Å². The highest BCUT2D eigenvalue weighted by molar-refractivity contribution is 5.79. The molecule has 1 amide bonds. The fraction of sp³-hybridized carbons (Fsp3) is 0.333. The molecule has 0 unspecified atom stereocenters. The minimum absolute atomic E-state index is 0.0149. The molecule has 0 atom stereocenters. The van der Waals surface area contributed by atoms with Gasteiger partial charge in [-0.1, -0.05) is 12.1 Å². The van der Waals surface area contributed by atoms with Crippen molar-refractivity contribution < 1.29 is 36.2 Å². The fourth-order valence-corrected chi connectivity index (χ4v) is 3.63. The fourth-order valence-electron chi connectivity index (χ4n) is 3.63. The zero-order valence-corrected chi connectivity index (χ0v) is 19.2. The average molecular weight is 497 g/mol. The average Bonchev–Trinajstić information content (AvgIpc) is 3.07. The van der Waals surface area contributed by atoms with E-state index in [4.69, 9.17) is 4.74 Å². The van der Waals surface area contributed by atoms with Gasteiger partial charge in [-0.05, 0) is 56.2 Å². The SMILES string of the molecule is COc1ccc(CCNC(=O)Cc2c(C)nn(-c3cccc(C(F)(F)F)c3)c2C)cc1OC(F)F. The Morgan fingerprint density at radius 2 is 1.86 bits per heavy atom. The summed E-state index contributed by atoms with van der Waals surface area (Å²) in [4.78, 5) is 12.5. The van der Waals surface area contributed by atoms with Crippen LogP contribution >= 0.6 is 0 Å². The second kappa shape index (κ2) is 10.7. The van der Waals surface area contributed by atoms with E-state index in [0.717, 1.165) is 12.1 Å². The van der Waals surface area contributed by atoms with Crippen LogP contribution in [0.3, 0.4) is 0 Å². The highest BCUT2D eigenvalue weighted by Gasteiger charge is 2.30. The Morgan fingerprint density at radius 3 is 2.51 bits per heavy atom. The van der Waals surface area contributed by atoms with E-state index in [9.17, 15) is 26.7 Å². The number of alkyl halides is 5. The lowest BCUT2D eigenvalue weighted by molar-refractivity contribution is -0.137. The summed E-state index contributed by atoms with van der Waals surface area (Å²) in [6.07, 6.45) is -4.14. The third kappa shape index (κ3) is 6.49. The molecule has 6 nitrogen and oxygen atoms in total. The van der Waals surface area contributed by atoms with E-state index >= 15 is 0 Å². The van der Waals surface area contributed by atoms with Gasteiger partial charge >= 0.3 is 12.8 Å². The predicted molar refractivity (Wildman–Crippen MR) is 118 cm³/mol. The zero-order valence-electron chi connectivity index (χ0n) is 19.2. The summed E-state index contributed by atoms with van der Waals surface area (Å²) < 4.78 is 75.2. The molecule has 0 aliphatic carbocycles. The number of hydrogen-bond donors (Lipinski definition) is 1. The number of aromatic nitrogens is 2. The van der Waals surface area contributed by atoms with Crippen molar-refractivity contribution in [3.63, 3.8) is 0 Å². The molecule has 0 radical (unpaired) electrons. The number of carbonyl (C=O) groups excluding carboxylic acids is 1. The molecule has 3 aromatic rings. The van der Waals surface area contributed by atoms with E-state index in [2.05, 4.69) is 15.2 Å². The molecular weight excluding hydrogens is 473 g/mol. The van der Waals surface area contributed by atoms with E-state index in [1.54, 1.807) is 19.9 Å². The van der Waals surface area contributed by atoms with Gasteiger partial charge in [-0.15, -0.1) is 0 Å². The number of rotatable bonds is 9. The summed E-state index contributed by atoms with van der Waals surface area (Å²) >= 11 is 0. The summed E-state index contributed by atoms with van der Waals surface area (Å²) in [5.74, 6) is -0.237. The van der Waals surface area contributed by atoms with Crippen LogP contribution in [0.1, 0.15) is 28.1 Å². The molecule has 0 bridgehead atoms. The molecule has 11 heteroatoms. The zero-order chi connectivity index (χ0) is 25.8. The summed E-state index contributed by atoms with van der Waals surface area (Å²) in [6, 6.07) is 9.40.